The Morgan fingerprint density at radius 2 is 1.82 bits per heavy atom. The van der Waals surface area contributed by atoms with E-state index in [1.807, 2.05) is 6.07 Å². The molecule has 1 aromatic carbocycles. The molecular weight excluding hydrogens is 533 g/mol. The van der Waals surface area contributed by atoms with Crippen LogP contribution in [0.25, 0.3) is 0 Å². The molecule has 0 spiro atoms. The Kier molecular flexibility index (Phi) is 9.94. The van der Waals surface area contributed by atoms with E-state index < -0.39 is 0 Å². The van der Waals surface area contributed by atoms with E-state index in [-0.39, 0.29) is 34.8 Å². The van der Waals surface area contributed by atoms with Gasteiger partial charge in [0.2, 0.25) is 6.79 Å². The summed E-state index contributed by atoms with van der Waals surface area (Å²) < 4.78 is 22.3. The fourth-order valence-corrected chi connectivity index (χ4v) is 5.33. The number of hydrogen-bond donors (Lipinski definition) is 2. The summed E-state index contributed by atoms with van der Waals surface area (Å²) in [6, 6.07) is 6.37. The Bertz CT molecular complexity index is 777. The number of ether oxygens (including phenoxy) is 4. The van der Waals surface area contributed by atoms with Crippen molar-refractivity contribution in [2.45, 2.75) is 57.3 Å². The standard InChI is InChI=1S/C25H39N3O4.HI/c1-3-26-23(27-17-24(10-13-29-2)8-4-5-9-24)28-18-25(11-14-30-15-12-25)20-6-7-21-22(16-20)32-19-31-21;/h6-7,16H,3-5,8-15,17-19H2,1-2H3,(H2,26,27,28);1H. The lowest BCUT2D eigenvalue weighted by Gasteiger charge is -2.38. The van der Waals surface area contributed by atoms with Crippen molar-refractivity contribution in [3.05, 3.63) is 23.8 Å². The minimum absolute atomic E-state index is 0. The second-order valence-corrected chi connectivity index (χ2v) is 9.46. The molecule has 1 aromatic rings. The van der Waals surface area contributed by atoms with E-state index in [2.05, 4.69) is 29.7 Å². The van der Waals surface area contributed by atoms with Gasteiger partial charge in [-0.05, 0) is 62.1 Å². The van der Waals surface area contributed by atoms with Crippen LogP contribution in [0.2, 0.25) is 0 Å². The predicted octanol–water partition coefficient (Wildman–Crippen LogP) is 4.23. The zero-order valence-electron chi connectivity index (χ0n) is 20.1. The molecule has 0 unspecified atom stereocenters. The van der Waals surface area contributed by atoms with Crippen LogP contribution in [-0.4, -0.2) is 59.3 Å². The van der Waals surface area contributed by atoms with Gasteiger partial charge in [0.1, 0.15) is 0 Å². The first-order valence-corrected chi connectivity index (χ1v) is 12.2. The molecule has 2 N–H and O–H groups in total. The molecule has 0 aromatic heterocycles. The lowest BCUT2D eigenvalue weighted by molar-refractivity contribution is 0.0513. The van der Waals surface area contributed by atoms with E-state index in [1.54, 1.807) is 7.11 Å². The summed E-state index contributed by atoms with van der Waals surface area (Å²) in [4.78, 5) is 5.05. The highest BCUT2D eigenvalue weighted by molar-refractivity contribution is 14.0. The zero-order valence-corrected chi connectivity index (χ0v) is 22.5. The van der Waals surface area contributed by atoms with Gasteiger partial charge >= 0.3 is 0 Å². The van der Waals surface area contributed by atoms with Gasteiger partial charge in [0, 0.05) is 52.0 Å². The van der Waals surface area contributed by atoms with E-state index in [1.165, 1.54) is 31.2 Å². The molecule has 4 rings (SSSR count). The molecule has 0 atom stereocenters. The predicted molar refractivity (Wildman–Crippen MR) is 141 cm³/mol. The molecule has 7 nitrogen and oxygen atoms in total. The Morgan fingerprint density at radius 3 is 2.55 bits per heavy atom. The number of nitrogens with one attached hydrogen (secondary N) is 2. The van der Waals surface area contributed by atoms with E-state index in [4.69, 9.17) is 23.9 Å². The van der Waals surface area contributed by atoms with Crippen LogP contribution in [-0.2, 0) is 14.9 Å². The Morgan fingerprint density at radius 1 is 1.06 bits per heavy atom. The maximum absolute atomic E-state index is 5.72. The fraction of sp³-hybridized carbons (Fsp3) is 0.720. The van der Waals surface area contributed by atoms with Gasteiger partial charge in [-0.3, -0.25) is 4.99 Å². The average molecular weight is 574 g/mol. The zero-order chi connectivity index (χ0) is 22.3. The average Bonchev–Trinajstić information content (AvgIpc) is 3.50. The molecule has 2 heterocycles. The summed E-state index contributed by atoms with van der Waals surface area (Å²) in [7, 11) is 1.79. The summed E-state index contributed by atoms with van der Waals surface area (Å²) in [6.45, 7) is 7.28. The van der Waals surface area contributed by atoms with Crippen molar-refractivity contribution < 1.29 is 18.9 Å². The van der Waals surface area contributed by atoms with E-state index >= 15 is 0 Å². The van der Waals surface area contributed by atoms with Crippen molar-refractivity contribution in [2.75, 3.05) is 53.4 Å². The van der Waals surface area contributed by atoms with Gasteiger partial charge in [-0.1, -0.05) is 18.9 Å². The minimum Gasteiger partial charge on any atom is -0.454 e. The number of guanidine groups is 1. The smallest absolute Gasteiger partial charge is 0.231 e. The molecule has 1 saturated heterocycles. The van der Waals surface area contributed by atoms with Crippen LogP contribution >= 0.6 is 24.0 Å². The van der Waals surface area contributed by atoms with E-state index in [0.29, 0.717) is 6.79 Å². The molecule has 0 radical (unpaired) electrons. The molecule has 3 aliphatic rings. The Balaban J connectivity index is 0.00000306. The number of benzene rings is 1. The summed E-state index contributed by atoms with van der Waals surface area (Å²) >= 11 is 0. The van der Waals surface area contributed by atoms with Gasteiger partial charge < -0.3 is 29.6 Å². The summed E-state index contributed by atoms with van der Waals surface area (Å²) in [5.41, 5.74) is 1.54. The molecule has 0 bridgehead atoms. The SMILES string of the molecule is CCNC(=NCC1(CCOC)CCCC1)NCC1(c2ccc3c(c2)OCO3)CCOCC1.I. The summed E-state index contributed by atoms with van der Waals surface area (Å²) in [5, 5.41) is 7.14. The van der Waals surface area contributed by atoms with Crippen LogP contribution in [0.5, 0.6) is 11.5 Å². The van der Waals surface area contributed by atoms with Gasteiger partial charge in [0.05, 0.1) is 0 Å². The van der Waals surface area contributed by atoms with Crippen LogP contribution in [0.15, 0.2) is 23.2 Å². The maximum atomic E-state index is 5.72. The van der Waals surface area contributed by atoms with Crippen LogP contribution in [0.1, 0.15) is 57.4 Å². The van der Waals surface area contributed by atoms with Crippen molar-refractivity contribution in [1.82, 2.24) is 10.6 Å². The first-order valence-electron chi connectivity index (χ1n) is 12.2. The van der Waals surface area contributed by atoms with Crippen LogP contribution in [0, 0.1) is 5.41 Å². The fourth-order valence-electron chi connectivity index (χ4n) is 5.33. The van der Waals surface area contributed by atoms with E-state index in [9.17, 15) is 0 Å². The van der Waals surface area contributed by atoms with Gasteiger partial charge in [0.25, 0.3) is 0 Å². The van der Waals surface area contributed by atoms with Gasteiger partial charge in [0.15, 0.2) is 17.5 Å². The molecule has 1 aliphatic carbocycles. The topological polar surface area (TPSA) is 73.3 Å². The van der Waals surface area contributed by atoms with Crippen molar-refractivity contribution in [1.29, 1.82) is 0 Å². The second-order valence-electron chi connectivity index (χ2n) is 9.46. The highest BCUT2D eigenvalue weighted by Crippen LogP contribution is 2.42. The van der Waals surface area contributed by atoms with Gasteiger partial charge in [-0.2, -0.15) is 0 Å². The molecule has 8 heteroatoms. The number of rotatable bonds is 9. The quantitative estimate of drug-likeness (QED) is 0.262. The number of nitrogens with zero attached hydrogens (tertiary/aromatic N) is 1. The molecule has 2 fully saturated rings. The second kappa shape index (κ2) is 12.4. The monoisotopic (exact) mass is 573 g/mol. The third-order valence-electron chi connectivity index (χ3n) is 7.45. The van der Waals surface area contributed by atoms with Crippen molar-refractivity contribution in [3.8, 4) is 11.5 Å². The lowest BCUT2D eigenvalue weighted by atomic mass is 9.74. The van der Waals surface area contributed by atoms with Crippen LogP contribution < -0.4 is 20.1 Å². The largest absolute Gasteiger partial charge is 0.454 e. The van der Waals surface area contributed by atoms with Crippen LogP contribution in [0.3, 0.4) is 0 Å². The molecule has 33 heavy (non-hydrogen) atoms. The summed E-state index contributed by atoms with van der Waals surface area (Å²) in [5.74, 6) is 2.58. The highest BCUT2D eigenvalue weighted by atomic mass is 127. The minimum atomic E-state index is -0.0173. The Hall–Kier alpha value is -1.26. The molecular formula is C25H40IN3O4. The van der Waals surface area contributed by atoms with E-state index in [0.717, 1.165) is 76.2 Å². The maximum Gasteiger partial charge on any atom is 0.231 e. The Labute approximate surface area is 215 Å². The number of hydrogen-bond acceptors (Lipinski definition) is 5. The third-order valence-corrected chi connectivity index (χ3v) is 7.45. The lowest BCUT2D eigenvalue weighted by Crippen LogP contribution is -2.48. The van der Waals surface area contributed by atoms with Crippen LogP contribution in [0.4, 0.5) is 0 Å². The summed E-state index contributed by atoms with van der Waals surface area (Å²) in [6.07, 6.45) is 8.13. The highest BCUT2D eigenvalue weighted by Gasteiger charge is 2.36. The molecule has 186 valence electrons. The van der Waals surface area contributed by atoms with Crippen molar-refractivity contribution in [3.63, 3.8) is 0 Å². The number of halogens is 1. The van der Waals surface area contributed by atoms with Gasteiger partial charge in [-0.25, -0.2) is 0 Å². The number of aliphatic imine (C=N–C) groups is 1. The van der Waals surface area contributed by atoms with Crippen molar-refractivity contribution in [2.24, 2.45) is 10.4 Å². The third kappa shape index (κ3) is 6.45. The van der Waals surface area contributed by atoms with Crippen molar-refractivity contribution >= 4 is 29.9 Å². The number of fused-ring (bicyclic) bond motifs is 1. The molecule has 0 amide bonds. The molecule has 2 aliphatic heterocycles. The van der Waals surface area contributed by atoms with Gasteiger partial charge in [-0.15, -0.1) is 24.0 Å². The molecule has 1 saturated carbocycles. The first-order chi connectivity index (χ1) is 15.7. The number of methoxy groups -OCH3 is 1. The first kappa shape index (κ1) is 26.3. The normalized spacial score (nSPS) is 20.8.